The minimum absolute atomic E-state index is 0.266. The summed E-state index contributed by atoms with van der Waals surface area (Å²) in [7, 11) is -3.44. The smallest absolute Gasteiger partial charge is 0.354 e. The SMILES string of the molecule is O=C(O)c1cc(=O)[nH]c(CCc2ccc(S(=O)(=O)N3CCCC3)cc2)n1. The molecular weight excluding hydrogens is 358 g/mol. The number of hydrogen-bond acceptors (Lipinski definition) is 5. The van der Waals surface area contributed by atoms with E-state index in [-0.39, 0.29) is 16.4 Å². The Hall–Kier alpha value is -2.52. The van der Waals surface area contributed by atoms with Gasteiger partial charge in [0.25, 0.3) is 5.56 Å². The number of aromatic carboxylic acids is 1. The molecule has 1 aromatic carbocycles. The Labute approximate surface area is 150 Å². The second-order valence-electron chi connectivity index (χ2n) is 6.14. The summed E-state index contributed by atoms with van der Waals surface area (Å²) in [6.45, 7) is 1.12. The Kier molecular flexibility index (Phi) is 5.19. The number of rotatable bonds is 6. The van der Waals surface area contributed by atoms with Crippen molar-refractivity contribution >= 4 is 16.0 Å². The molecule has 1 aliphatic heterocycles. The van der Waals surface area contributed by atoms with Gasteiger partial charge in [0, 0.05) is 25.6 Å². The maximum Gasteiger partial charge on any atom is 0.354 e. The number of aromatic nitrogens is 2. The van der Waals surface area contributed by atoms with Crippen LogP contribution >= 0.6 is 0 Å². The molecule has 0 spiro atoms. The van der Waals surface area contributed by atoms with Crippen LogP contribution in [0.15, 0.2) is 40.0 Å². The standard InChI is InChI=1S/C17H19N3O5S/c21-16-11-14(17(22)23)18-15(19-16)8-5-12-3-6-13(7-4-12)26(24,25)20-9-1-2-10-20/h3-4,6-7,11H,1-2,5,8-10H2,(H,22,23)(H,18,19,21). The van der Waals surface area contributed by atoms with Crippen LogP contribution in [-0.4, -0.2) is 46.9 Å². The van der Waals surface area contributed by atoms with E-state index in [1.54, 1.807) is 24.3 Å². The van der Waals surface area contributed by atoms with Gasteiger partial charge in [0.2, 0.25) is 10.0 Å². The number of carbonyl (C=O) groups is 1. The van der Waals surface area contributed by atoms with Crippen molar-refractivity contribution in [2.75, 3.05) is 13.1 Å². The second-order valence-corrected chi connectivity index (χ2v) is 8.08. The summed E-state index contributed by atoms with van der Waals surface area (Å²) in [5.41, 5.74) is 0.0593. The van der Waals surface area contributed by atoms with Crippen molar-refractivity contribution in [2.24, 2.45) is 0 Å². The largest absolute Gasteiger partial charge is 0.477 e. The highest BCUT2D eigenvalue weighted by Gasteiger charge is 2.26. The number of hydrogen-bond donors (Lipinski definition) is 2. The predicted octanol–water partition coefficient (Wildman–Crippen LogP) is 1.04. The van der Waals surface area contributed by atoms with Crippen LogP contribution < -0.4 is 5.56 Å². The number of sulfonamides is 1. The van der Waals surface area contributed by atoms with Crippen molar-refractivity contribution in [3.05, 3.63) is 57.8 Å². The highest BCUT2D eigenvalue weighted by Crippen LogP contribution is 2.21. The number of aromatic amines is 1. The Morgan fingerprint density at radius 3 is 2.42 bits per heavy atom. The van der Waals surface area contributed by atoms with E-state index in [0.717, 1.165) is 24.5 Å². The summed E-state index contributed by atoms with van der Waals surface area (Å²) in [4.78, 5) is 29.1. The zero-order valence-electron chi connectivity index (χ0n) is 14.0. The van der Waals surface area contributed by atoms with Crippen LogP contribution in [0.4, 0.5) is 0 Å². The maximum atomic E-state index is 12.5. The fourth-order valence-corrected chi connectivity index (χ4v) is 4.42. The van der Waals surface area contributed by atoms with Gasteiger partial charge < -0.3 is 10.1 Å². The molecule has 1 aromatic heterocycles. The van der Waals surface area contributed by atoms with Gasteiger partial charge in [-0.05, 0) is 37.0 Å². The third-order valence-electron chi connectivity index (χ3n) is 4.29. The van der Waals surface area contributed by atoms with E-state index < -0.39 is 21.6 Å². The van der Waals surface area contributed by atoms with Gasteiger partial charge >= 0.3 is 5.97 Å². The first kappa shape index (κ1) is 18.3. The molecule has 2 heterocycles. The van der Waals surface area contributed by atoms with Gasteiger partial charge in [-0.3, -0.25) is 4.79 Å². The molecule has 0 amide bonds. The van der Waals surface area contributed by atoms with Crippen molar-refractivity contribution in [2.45, 2.75) is 30.6 Å². The second kappa shape index (κ2) is 7.38. The average Bonchev–Trinajstić information content (AvgIpc) is 3.15. The van der Waals surface area contributed by atoms with Crippen LogP contribution in [0, 0.1) is 0 Å². The van der Waals surface area contributed by atoms with E-state index in [9.17, 15) is 18.0 Å². The molecule has 0 unspecified atom stereocenters. The molecule has 1 fully saturated rings. The zero-order valence-corrected chi connectivity index (χ0v) is 14.8. The number of nitrogens with one attached hydrogen (secondary N) is 1. The minimum atomic E-state index is -3.44. The quantitative estimate of drug-likeness (QED) is 0.776. The van der Waals surface area contributed by atoms with Crippen LogP contribution in [-0.2, 0) is 22.9 Å². The summed E-state index contributed by atoms with van der Waals surface area (Å²) in [5, 5.41) is 8.94. The number of carboxylic acids is 1. The van der Waals surface area contributed by atoms with E-state index in [1.165, 1.54) is 4.31 Å². The van der Waals surface area contributed by atoms with Crippen LogP contribution in [0.5, 0.6) is 0 Å². The Balaban J connectivity index is 1.70. The van der Waals surface area contributed by atoms with Crippen LogP contribution in [0.25, 0.3) is 0 Å². The molecule has 2 aromatic rings. The summed E-state index contributed by atoms with van der Waals surface area (Å²) >= 11 is 0. The Morgan fingerprint density at radius 1 is 1.15 bits per heavy atom. The van der Waals surface area contributed by atoms with E-state index >= 15 is 0 Å². The fraction of sp³-hybridized carbons (Fsp3) is 0.353. The highest BCUT2D eigenvalue weighted by molar-refractivity contribution is 7.89. The lowest BCUT2D eigenvalue weighted by atomic mass is 10.1. The number of H-pyrrole nitrogens is 1. The monoisotopic (exact) mass is 377 g/mol. The molecule has 8 nitrogen and oxygen atoms in total. The van der Waals surface area contributed by atoms with Gasteiger partial charge in [-0.1, -0.05) is 12.1 Å². The van der Waals surface area contributed by atoms with E-state index in [0.29, 0.717) is 25.9 Å². The Morgan fingerprint density at radius 2 is 1.81 bits per heavy atom. The highest BCUT2D eigenvalue weighted by atomic mass is 32.2. The molecule has 3 rings (SSSR count). The van der Waals surface area contributed by atoms with Gasteiger partial charge in [-0.25, -0.2) is 18.2 Å². The first-order valence-electron chi connectivity index (χ1n) is 8.29. The summed E-state index contributed by atoms with van der Waals surface area (Å²) in [6, 6.07) is 7.54. The minimum Gasteiger partial charge on any atom is -0.477 e. The van der Waals surface area contributed by atoms with E-state index in [4.69, 9.17) is 5.11 Å². The number of aryl methyl sites for hydroxylation is 2. The first-order chi connectivity index (χ1) is 12.4. The lowest BCUT2D eigenvalue weighted by molar-refractivity contribution is 0.0689. The van der Waals surface area contributed by atoms with Gasteiger partial charge in [0.15, 0.2) is 5.69 Å². The lowest BCUT2D eigenvalue weighted by Gasteiger charge is -2.15. The van der Waals surface area contributed by atoms with E-state index in [1.807, 2.05) is 0 Å². The lowest BCUT2D eigenvalue weighted by Crippen LogP contribution is -2.27. The van der Waals surface area contributed by atoms with Gasteiger partial charge in [0.05, 0.1) is 4.90 Å². The molecule has 0 atom stereocenters. The topological polar surface area (TPSA) is 120 Å². The predicted molar refractivity (Wildman–Crippen MR) is 93.7 cm³/mol. The molecule has 0 saturated carbocycles. The number of nitrogens with zero attached hydrogens (tertiary/aromatic N) is 2. The van der Waals surface area contributed by atoms with Crippen molar-refractivity contribution in [3.63, 3.8) is 0 Å². The average molecular weight is 377 g/mol. The summed E-state index contributed by atoms with van der Waals surface area (Å²) in [5.74, 6) is -0.975. The fourth-order valence-electron chi connectivity index (χ4n) is 2.90. The molecule has 26 heavy (non-hydrogen) atoms. The molecule has 138 valence electrons. The molecule has 0 bridgehead atoms. The van der Waals surface area contributed by atoms with Crippen molar-refractivity contribution in [3.8, 4) is 0 Å². The molecule has 2 N–H and O–H groups in total. The van der Waals surface area contributed by atoms with Crippen LogP contribution in [0.3, 0.4) is 0 Å². The van der Waals surface area contributed by atoms with Crippen LogP contribution in [0.2, 0.25) is 0 Å². The molecule has 1 aliphatic rings. The molecule has 0 aliphatic carbocycles. The van der Waals surface area contributed by atoms with Gasteiger partial charge in [-0.15, -0.1) is 0 Å². The van der Waals surface area contributed by atoms with E-state index in [2.05, 4.69) is 9.97 Å². The first-order valence-corrected chi connectivity index (χ1v) is 9.73. The van der Waals surface area contributed by atoms with Crippen LogP contribution in [0.1, 0.15) is 34.7 Å². The summed E-state index contributed by atoms with van der Waals surface area (Å²) < 4.78 is 26.5. The van der Waals surface area contributed by atoms with Gasteiger partial charge in [-0.2, -0.15) is 4.31 Å². The van der Waals surface area contributed by atoms with Crippen molar-refractivity contribution in [1.82, 2.24) is 14.3 Å². The Bertz CT molecular complexity index is 961. The van der Waals surface area contributed by atoms with Crippen molar-refractivity contribution < 1.29 is 18.3 Å². The molecule has 1 saturated heterocycles. The normalized spacial score (nSPS) is 15.2. The number of carboxylic acid groups (broad SMARTS) is 1. The third-order valence-corrected chi connectivity index (χ3v) is 6.20. The maximum absolute atomic E-state index is 12.5. The van der Waals surface area contributed by atoms with Gasteiger partial charge in [0.1, 0.15) is 5.82 Å². The summed E-state index contributed by atoms with van der Waals surface area (Å²) in [6.07, 6.45) is 2.61. The van der Waals surface area contributed by atoms with Crippen molar-refractivity contribution in [1.29, 1.82) is 0 Å². The number of benzene rings is 1. The molecule has 0 radical (unpaired) electrons. The zero-order chi connectivity index (χ0) is 18.7. The third kappa shape index (κ3) is 4.00. The molecular formula is C17H19N3O5S. The molecule has 9 heteroatoms.